The molecule has 0 radical (unpaired) electrons. The van der Waals surface area contributed by atoms with Crippen molar-refractivity contribution in [3.05, 3.63) is 21.9 Å². The van der Waals surface area contributed by atoms with Gasteiger partial charge in [0.05, 0.1) is 24.7 Å². The molecule has 2 heterocycles. The van der Waals surface area contributed by atoms with Gasteiger partial charge < -0.3 is 10.2 Å². The highest BCUT2D eigenvalue weighted by Gasteiger charge is 2.44. The number of hydrogen-bond acceptors (Lipinski definition) is 5. The third-order valence-corrected chi connectivity index (χ3v) is 7.32. The first-order valence-corrected chi connectivity index (χ1v) is 9.58. The molecule has 0 saturated carbocycles. The van der Waals surface area contributed by atoms with Gasteiger partial charge in [0.15, 0.2) is 9.84 Å². The molecule has 1 fully saturated rings. The van der Waals surface area contributed by atoms with Gasteiger partial charge in [-0.1, -0.05) is 6.92 Å². The molecule has 4 nitrogen and oxygen atoms in total. The van der Waals surface area contributed by atoms with Crippen LogP contribution in [0.4, 0.5) is 0 Å². The van der Waals surface area contributed by atoms with Crippen molar-refractivity contribution in [3.63, 3.8) is 0 Å². The zero-order valence-electron chi connectivity index (χ0n) is 11.7. The molecule has 1 unspecified atom stereocenters. The van der Waals surface area contributed by atoms with Gasteiger partial charge in [-0.15, -0.1) is 11.3 Å². The van der Waals surface area contributed by atoms with Crippen LogP contribution in [0.25, 0.3) is 0 Å². The van der Waals surface area contributed by atoms with Crippen LogP contribution in [-0.4, -0.2) is 43.4 Å². The summed E-state index contributed by atoms with van der Waals surface area (Å²) >= 11 is 1.68. The first kappa shape index (κ1) is 15.9. The lowest BCUT2D eigenvalue weighted by atomic mass is 9.73. The highest BCUT2D eigenvalue weighted by Crippen LogP contribution is 2.39. The topological polar surface area (TPSA) is 74.6 Å². The minimum atomic E-state index is -3.01. The van der Waals surface area contributed by atoms with Gasteiger partial charge in [0, 0.05) is 15.2 Å². The Morgan fingerprint density at radius 1 is 1.30 bits per heavy atom. The second-order valence-corrected chi connectivity index (χ2v) is 9.16. The smallest absolute Gasteiger partial charge is 0.150 e. The third kappa shape index (κ3) is 3.24. The molecular weight excluding hydrogens is 296 g/mol. The minimum absolute atomic E-state index is 0.0835. The van der Waals surface area contributed by atoms with Crippen LogP contribution < -0.4 is 0 Å². The van der Waals surface area contributed by atoms with Gasteiger partial charge in [0.25, 0.3) is 0 Å². The van der Waals surface area contributed by atoms with Gasteiger partial charge in [0.1, 0.15) is 0 Å². The Bertz CT molecular complexity index is 543. The lowest BCUT2D eigenvalue weighted by molar-refractivity contribution is 0.0131. The van der Waals surface area contributed by atoms with E-state index in [-0.39, 0.29) is 30.6 Å². The Morgan fingerprint density at radius 2 is 1.95 bits per heavy atom. The van der Waals surface area contributed by atoms with Crippen molar-refractivity contribution in [1.82, 2.24) is 0 Å². The van der Waals surface area contributed by atoms with Crippen LogP contribution in [0, 0.1) is 11.3 Å². The summed E-state index contributed by atoms with van der Waals surface area (Å²) < 4.78 is 23.3. The van der Waals surface area contributed by atoms with Crippen LogP contribution in [0.2, 0.25) is 0 Å². The molecule has 20 heavy (non-hydrogen) atoms. The summed E-state index contributed by atoms with van der Waals surface area (Å²) in [5.41, 5.74) is -0.723. The predicted octanol–water partition coefficient (Wildman–Crippen LogP) is 1.26. The summed E-state index contributed by atoms with van der Waals surface area (Å²) in [6, 6.07) is 4.08. The molecule has 0 bridgehead atoms. The highest BCUT2D eigenvalue weighted by molar-refractivity contribution is 7.91. The maximum atomic E-state index is 11.7. The second-order valence-electron chi connectivity index (χ2n) is 5.68. The van der Waals surface area contributed by atoms with E-state index in [1.807, 2.05) is 6.07 Å². The molecule has 1 atom stereocenters. The summed E-state index contributed by atoms with van der Waals surface area (Å²) in [6.07, 6.45) is 2.05. The van der Waals surface area contributed by atoms with Crippen LogP contribution in [0.3, 0.4) is 0 Å². The van der Waals surface area contributed by atoms with Gasteiger partial charge >= 0.3 is 0 Å². The average Bonchev–Trinajstić information content (AvgIpc) is 3.02. The summed E-state index contributed by atoms with van der Waals surface area (Å²) in [6.45, 7) is 1.73. The summed E-state index contributed by atoms with van der Waals surface area (Å²) in [7, 11) is -3.01. The Balaban J connectivity index is 2.21. The standard InChI is InChI=1S/C14H22O4S2/c1-2-12-3-4-13(19-12)7-14(9-15,10-16)11-5-6-20(17,18)8-11/h3-4,11,15-16H,2,5-10H2,1H3. The van der Waals surface area contributed by atoms with Crippen molar-refractivity contribution in [3.8, 4) is 0 Å². The molecule has 0 aliphatic carbocycles. The normalized spacial score (nSPS) is 22.2. The Kier molecular flexibility index (Phi) is 4.89. The van der Waals surface area contributed by atoms with E-state index in [0.717, 1.165) is 11.3 Å². The average molecular weight is 318 g/mol. The molecule has 114 valence electrons. The van der Waals surface area contributed by atoms with Gasteiger partial charge in [-0.25, -0.2) is 8.42 Å². The molecule has 0 aromatic carbocycles. The maximum Gasteiger partial charge on any atom is 0.150 e. The molecule has 2 N–H and O–H groups in total. The number of hydrogen-bond donors (Lipinski definition) is 2. The van der Waals surface area contributed by atoms with E-state index in [9.17, 15) is 18.6 Å². The van der Waals surface area contributed by atoms with E-state index in [1.165, 1.54) is 4.88 Å². The molecule has 0 amide bonds. The second kappa shape index (κ2) is 6.13. The number of aliphatic hydroxyl groups is 2. The predicted molar refractivity (Wildman–Crippen MR) is 80.8 cm³/mol. The van der Waals surface area contributed by atoms with E-state index in [1.54, 1.807) is 11.3 Å². The zero-order chi connectivity index (χ0) is 14.8. The van der Waals surface area contributed by atoms with Gasteiger partial charge in [-0.2, -0.15) is 0 Å². The third-order valence-electron chi connectivity index (χ3n) is 4.32. The fourth-order valence-electron chi connectivity index (χ4n) is 2.90. The van der Waals surface area contributed by atoms with Crippen LogP contribution in [-0.2, 0) is 22.7 Å². The summed E-state index contributed by atoms with van der Waals surface area (Å²) in [4.78, 5) is 2.37. The SMILES string of the molecule is CCc1ccc(CC(CO)(CO)C2CCS(=O)(=O)C2)s1. The van der Waals surface area contributed by atoms with Crippen LogP contribution in [0.1, 0.15) is 23.1 Å². The van der Waals surface area contributed by atoms with Crippen molar-refractivity contribution in [1.29, 1.82) is 0 Å². The van der Waals surface area contributed by atoms with E-state index < -0.39 is 15.3 Å². The molecule has 0 spiro atoms. The Morgan fingerprint density at radius 3 is 2.40 bits per heavy atom. The van der Waals surface area contributed by atoms with E-state index >= 15 is 0 Å². The Labute approximate surface area is 124 Å². The van der Waals surface area contributed by atoms with E-state index in [4.69, 9.17) is 0 Å². The molecular formula is C14H22O4S2. The molecule has 1 aliphatic heterocycles. The summed E-state index contributed by atoms with van der Waals surface area (Å²) in [5.74, 6) is 0.0965. The lowest BCUT2D eigenvalue weighted by Gasteiger charge is -2.35. The fourth-order valence-corrected chi connectivity index (χ4v) is 5.95. The number of aryl methyl sites for hydroxylation is 1. The molecule has 6 heteroatoms. The van der Waals surface area contributed by atoms with Gasteiger partial charge in [-0.05, 0) is 37.3 Å². The van der Waals surface area contributed by atoms with Crippen molar-refractivity contribution in [2.45, 2.75) is 26.2 Å². The number of thiophene rings is 1. The quantitative estimate of drug-likeness (QED) is 0.828. The van der Waals surface area contributed by atoms with E-state index in [0.29, 0.717) is 12.8 Å². The van der Waals surface area contributed by atoms with Crippen LogP contribution in [0.5, 0.6) is 0 Å². The minimum Gasteiger partial charge on any atom is -0.396 e. The first-order chi connectivity index (χ1) is 9.44. The number of rotatable bonds is 6. The molecule has 1 aromatic heterocycles. The van der Waals surface area contributed by atoms with Crippen molar-refractivity contribution in [2.24, 2.45) is 11.3 Å². The van der Waals surface area contributed by atoms with Crippen molar-refractivity contribution >= 4 is 21.2 Å². The molecule has 1 saturated heterocycles. The number of aliphatic hydroxyl groups excluding tert-OH is 2. The lowest BCUT2D eigenvalue weighted by Crippen LogP contribution is -2.40. The molecule has 1 aliphatic rings. The largest absolute Gasteiger partial charge is 0.396 e. The van der Waals surface area contributed by atoms with E-state index in [2.05, 4.69) is 13.0 Å². The first-order valence-electron chi connectivity index (χ1n) is 6.94. The van der Waals surface area contributed by atoms with Crippen molar-refractivity contribution in [2.75, 3.05) is 24.7 Å². The molecule has 1 aromatic rings. The Hall–Kier alpha value is -0.430. The van der Waals surface area contributed by atoms with Gasteiger partial charge in [-0.3, -0.25) is 0 Å². The number of sulfone groups is 1. The zero-order valence-corrected chi connectivity index (χ0v) is 13.3. The summed E-state index contributed by atoms with van der Waals surface area (Å²) in [5, 5.41) is 19.6. The fraction of sp³-hybridized carbons (Fsp3) is 0.714. The maximum absolute atomic E-state index is 11.7. The highest BCUT2D eigenvalue weighted by atomic mass is 32.2. The van der Waals surface area contributed by atoms with Crippen LogP contribution in [0.15, 0.2) is 12.1 Å². The van der Waals surface area contributed by atoms with Crippen molar-refractivity contribution < 1.29 is 18.6 Å². The molecule has 2 rings (SSSR count). The van der Waals surface area contributed by atoms with Crippen LogP contribution >= 0.6 is 11.3 Å². The van der Waals surface area contributed by atoms with Gasteiger partial charge in [0.2, 0.25) is 0 Å². The monoisotopic (exact) mass is 318 g/mol.